The van der Waals surface area contributed by atoms with E-state index < -0.39 is 58.2 Å². The molecule has 1 N–H and O–H groups in total. The standard InChI is InChI=1S/C39H53FN6O10/c1-24(42-34(47)55-38(5,6)7)12-11-19-52-32-22-27(17-18-41-32)44(35(48)56-39(8,9)10)33-23-30(43-45(33)37(2,3)4)25-20-29(40)31(21-25)54-36(49)53-28-15-13-26(14-16-28)46(50)51/h13-18,22-25,29,31H,11-12,19-21H2,1-10H3,(H,42,47)/t24-,25-,29+,31-/m0/s1. The highest BCUT2D eigenvalue weighted by Crippen LogP contribution is 2.41. The molecule has 0 aliphatic heterocycles. The molecule has 306 valence electrons. The van der Waals surface area contributed by atoms with Crippen molar-refractivity contribution in [1.29, 1.82) is 0 Å². The molecular formula is C39H53FN6O10. The molecule has 2 heterocycles. The number of hydrogen-bond acceptors (Lipinski definition) is 12. The van der Waals surface area contributed by atoms with Gasteiger partial charge in [-0.25, -0.2) is 33.3 Å². The number of halogens is 1. The number of aromatic nitrogens is 3. The molecule has 2 aromatic heterocycles. The van der Waals surface area contributed by atoms with Gasteiger partial charge in [-0.2, -0.15) is 5.10 Å². The number of rotatable bonds is 12. The Morgan fingerprint density at radius 1 is 1.00 bits per heavy atom. The zero-order chi connectivity index (χ0) is 41.6. The molecule has 1 aliphatic carbocycles. The monoisotopic (exact) mass is 784 g/mol. The summed E-state index contributed by atoms with van der Waals surface area (Å²) in [7, 11) is 0. The second-order valence-corrected chi connectivity index (χ2v) is 16.7. The third kappa shape index (κ3) is 12.5. The number of carbonyl (C=O) groups is 3. The van der Waals surface area contributed by atoms with E-state index in [0.717, 1.165) is 0 Å². The van der Waals surface area contributed by atoms with Gasteiger partial charge in [0.05, 0.1) is 28.5 Å². The first-order chi connectivity index (χ1) is 26.0. The van der Waals surface area contributed by atoms with Gasteiger partial charge in [0, 0.05) is 42.4 Å². The van der Waals surface area contributed by atoms with Crippen LogP contribution in [0.5, 0.6) is 11.6 Å². The number of benzene rings is 1. The summed E-state index contributed by atoms with van der Waals surface area (Å²) in [6.07, 6.45) is -2.23. The number of alkyl halides is 1. The van der Waals surface area contributed by atoms with Crippen LogP contribution in [0, 0.1) is 10.1 Å². The maximum absolute atomic E-state index is 15.4. The molecule has 1 fully saturated rings. The maximum atomic E-state index is 15.4. The van der Waals surface area contributed by atoms with Gasteiger partial charge < -0.3 is 29.0 Å². The molecule has 0 unspecified atom stereocenters. The van der Waals surface area contributed by atoms with Crippen molar-refractivity contribution >= 4 is 35.5 Å². The lowest BCUT2D eigenvalue weighted by atomic mass is 10.0. The number of hydrogen-bond donors (Lipinski definition) is 1. The lowest BCUT2D eigenvalue weighted by Gasteiger charge is -2.30. The third-order valence-corrected chi connectivity index (χ3v) is 8.27. The van der Waals surface area contributed by atoms with Crippen molar-refractivity contribution in [2.75, 3.05) is 11.5 Å². The van der Waals surface area contributed by atoms with Crippen LogP contribution in [0.3, 0.4) is 0 Å². The molecule has 17 heteroatoms. The molecule has 1 aliphatic rings. The highest BCUT2D eigenvalue weighted by Gasteiger charge is 2.41. The van der Waals surface area contributed by atoms with Crippen molar-refractivity contribution < 1.29 is 47.4 Å². The van der Waals surface area contributed by atoms with Gasteiger partial charge in [-0.1, -0.05) is 0 Å². The Morgan fingerprint density at radius 2 is 1.66 bits per heavy atom. The van der Waals surface area contributed by atoms with Gasteiger partial charge in [-0.3, -0.25) is 10.1 Å². The molecule has 1 aromatic carbocycles. The lowest BCUT2D eigenvalue weighted by Crippen LogP contribution is -2.37. The molecule has 56 heavy (non-hydrogen) atoms. The Hall–Kier alpha value is -5.48. The number of nitro benzene ring substituents is 1. The van der Waals surface area contributed by atoms with E-state index in [9.17, 15) is 24.5 Å². The van der Waals surface area contributed by atoms with Crippen LogP contribution >= 0.6 is 0 Å². The number of anilines is 2. The molecule has 4 atom stereocenters. The van der Waals surface area contributed by atoms with E-state index in [-0.39, 0.29) is 42.8 Å². The molecule has 0 bridgehead atoms. The normalized spacial score (nSPS) is 17.7. The number of nitrogens with zero attached hydrogens (tertiary/aromatic N) is 5. The van der Waals surface area contributed by atoms with Crippen LogP contribution in [0.2, 0.25) is 0 Å². The van der Waals surface area contributed by atoms with Crippen molar-refractivity contribution in [2.24, 2.45) is 0 Å². The second kappa shape index (κ2) is 17.5. The number of ether oxygens (including phenoxy) is 5. The number of pyridine rings is 1. The second-order valence-electron chi connectivity index (χ2n) is 16.7. The van der Waals surface area contributed by atoms with Crippen LogP contribution in [0.4, 0.5) is 36.0 Å². The van der Waals surface area contributed by atoms with Crippen LogP contribution < -0.4 is 19.7 Å². The van der Waals surface area contributed by atoms with Gasteiger partial charge in [0.2, 0.25) is 5.88 Å². The van der Waals surface area contributed by atoms with Crippen molar-refractivity contribution in [3.63, 3.8) is 0 Å². The van der Waals surface area contributed by atoms with Crippen LogP contribution in [0.25, 0.3) is 0 Å². The molecule has 1 saturated carbocycles. The van der Waals surface area contributed by atoms with Gasteiger partial charge in [0.15, 0.2) is 0 Å². The van der Waals surface area contributed by atoms with E-state index >= 15 is 4.39 Å². The van der Waals surface area contributed by atoms with Gasteiger partial charge in [-0.05, 0) is 113 Å². The number of nitro groups is 1. The zero-order valence-corrected chi connectivity index (χ0v) is 33.7. The van der Waals surface area contributed by atoms with Crippen LogP contribution in [0.1, 0.15) is 107 Å². The van der Waals surface area contributed by atoms with E-state index in [0.29, 0.717) is 30.0 Å². The third-order valence-electron chi connectivity index (χ3n) is 8.27. The number of amides is 2. The molecule has 2 amide bonds. The topological polar surface area (TPSA) is 186 Å². The minimum atomic E-state index is -1.54. The average Bonchev–Trinajstić information content (AvgIpc) is 3.66. The summed E-state index contributed by atoms with van der Waals surface area (Å²) in [5.41, 5.74) is -1.46. The van der Waals surface area contributed by atoms with Gasteiger partial charge in [0.25, 0.3) is 5.69 Å². The fourth-order valence-electron chi connectivity index (χ4n) is 5.84. The molecular weight excluding hydrogens is 731 g/mol. The molecule has 0 spiro atoms. The van der Waals surface area contributed by atoms with Crippen molar-refractivity contribution in [2.45, 2.75) is 136 Å². The fourth-order valence-corrected chi connectivity index (χ4v) is 5.84. The fraction of sp³-hybridized carbons (Fsp3) is 0.564. The van der Waals surface area contributed by atoms with Crippen LogP contribution in [-0.2, 0) is 19.7 Å². The first kappa shape index (κ1) is 43.3. The molecule has 0 saturated heterocycles. The minimum Gasteiger partial charge on any atom is -0.478 e. The summed E-state index contributed by atoms with van der Waals surface area (Å²) in [4.78, 5) is 54.7. The smallest absolute Gasteiger partial charge is 0.478 e. The predicted molar refractivity (Wildman–Crippen MR) is 204 cm³/mol. The first-order valence-electron chi connectivity index (χ1n) is 18.5. The predicted octanol–water partition coefficient (Wildman–Crippen LogP) is 8.89. The molecule has 16 nitrogen and oxygen atoms in total. The summed E-state index contributed by atoms with van der Waals surface area (Å²) in [5.74, 6) is 0.114. The van der Waals surface area contributed by atoms with Crippen molar-refractivity contribution in [3.05, 3.63) is 64.5 Å². The Labute approximate surface area is 326 Å². The Bertz CT molecular complexity index is 1850. The van der Waals surface area contributed by atoms with Crippen LogP contribution in [0.15, 0.2) is 48.7 Å². The molecule has 0 radical (unpaired) electrons. The number of carbonyl (C=O) groups excluding carboxylic acids is 3. The van der Waals surface area contributed by atoms with Gasteiger partial charge >= 0.3 is 18.3 Å². The summed E-state index contributed by atoms with van der Waals surface area (Å²) in [6, 6.07) is 9.62. The Balaban J connectivity index is 1.53. The van der Waals surface area contributed by atoms with Gasteiger partial charge in [0.1, 0.15) is 35.0 Å². The Kier molecular flexibility index (Phi) is 13.5. The SMILES string of the molecule is C[C@@H](CCCOc1cc(N(C(=O)OC(C)(C)C)c2cc([C@H]3C[C@@H](F)[C@@H](OC(=O)Oc4ccc([N+](=O)[O-])cc4)C3)nn2C(C)(C)C)ccn1)NC(=O)OC(C)(C)C. The van der Waals surface area contributed by atoms with Gasteiger partial charge in [-0.15, -0.1) is 0 Å². The van der Waals surface area contributed by atoms with E-state index in [1.54, 1.807) is 64.4 Å². The van der Waals surface area contributed by atoms with Crippen molar-refractivity contribution in [3.8, 4) is 11.6 Å². The summed E-state index contributed by atoms with van der Waals surface area (Å²) >= 11 is 0. The van der Waals surface area contributed by atoms with E-state index in [4.69, 9.17) is 28.8 Å². The van der Waals surface area contributed by atoms with Crippen LogP contribution in [-0.4, -0.2) is 74.2 Å². The molecule has 3 aromatic rings. The molecule has 4 rings (SSSR count). The highest BCUT2D eigenvalue weighted by molar-refractivity contribution is 5.95. The largest absolute Gasteiger partial charge is 0.514 e. The average molecular weight is 785 g/mol. The number of non-ortho nitro benzene ring substituents is 1. The number of nitrogens with one attached hydrogen (secondary N) is 1. The summed E-state index contributed by atoms with van der Waals surface area (Å²) in [6.45, 7) is 18.5. The van der Waals surface area contributed by atoms with Crippen molar-refractivity contribution in [1.82, 2.24) is 20.1 Å². The zero-order valence-electron chi connectivity index (χ0n) is 33.7. The Morgan fingerprint density at radius 3 is 2.27 bits per heavy atom. The minimum absolute atomic E-state index is 0.00760. The van der Waals surface area contributed by atoms with E-state index in [2.05, 4.69) is 10.3 Å². The first-order valence-corrected chi connectivity index (χ1v) is 18.5. The summed E-state index contributed by atoms with van der Waals surface area (Å²) in [5, 5.41) is 18.6. The highest BCUT2D eigenvalue weighted by atomic mass is 19.1. The quantitative estimate of drug-likeness (QED) is 0.0460. The summed E-state index contributed by atoms with van der Waals surface area (Å²) < 4.78 is 44.7. The van der Waals surface area contributed by atoms with E-state index in [1.165, 1.54) is 35.4 Å². The lowest BCUT2D eigenvalue weighted by molar-refractivity contribution is -0.384. The maximum Gasteiger partial charge on any atom is 0.514 e. The van der Waals surface area contributed by atoms with E-state index in [1.807, 2.05) is 27.7 Å². The number of alkyl carbamates (subject to hydrolysis) is 1.